The van der Waals surface area contributed by atoms with Crippen LogP contribution in [0.25, 0.3) is 0 Å². The quantitative estimate of drug-likeness (QED) is 0.763. The number of carboxylic acid groups (broad SMARTS) is 1. The highest BCUT2D eigenvalue weighted by Gasteiger charge is 2.14. The molecule has 0 aromatic carbocycles. The molecule has 0 saturated carbocycles. The minimum atomic E-state index is -0.988. The van der Waals surface area contributed by atoms with Crippen LogP contribution in [-0.2, 0) is 11.3 Å². The third-order valence-electron chi connectivity index (χ3n) is 2.79. The zero-order valence-corrected chi connectivity index (χ0v) is 12.3. The van der Waals surface area contributed by atoms with Crippen LogP contribution in [0.1, 0.15) is 24.3 Å². The monoisotopic (exact) mass is 308 g/mol. The van der Waals surface area contributed by atoms with Crippen molar-refractivity contribution in [2.75, 3.05) is 5.32 Å². The number of rotatable bonds is 6. The smallest absolute Gasteiger partial charge is 0.325 e. The van der Waals surface area contributed by atoms with Gasteiger partial charge in [0.1, 0.15) is 6.54 Å². The van der Waals surface area contributed by atoms with E-state index in [1.54, 1.807) is 11.3 Å². The van der Waals surface area contributed by atoms with Crippen molar-refractivity contribution in [2.45, 2.75) is 25.9 Å². The molecule has 0 bridgehead atoms. The first-order valence-corrected chi connectivity index (χ1v) is 7.31. The number of thiophene rings is 1. The summed E-state index contributed by atoms with van der Waals surface area (Å²) in [6.07, 6.45) is 3.67. The molecule has 0 aliphatic carbocycles. The highest BCUT2D eigenvalue weighted by molar-refractivity contribution is 7.10. The van der Waals surface area contributed by atoms with Gasteiger partial charge in [0.05, 0.1) is 17.9 Å². The maximum Gasteiger partial charge on any atom is 0.325 e. The van der Waals surface area contributed by atoms with Gasteiger partial charge < -0.3 is 15.7 Å². The number of aliphatic carboxylic acids is 1. The molecule has 21 heavy (non-hydrogen) atoms. The molecule has 0 aliphatic rings. The summed E-state index contributed by atoms with van der Waals surface area (Å²) in [4.78, 5) is 23.6. The van der Waals surface area contributed by atoms with E-state index in [2.05, 4.69) is 15.7 Å². The molecule has 2 heterocycles. The Labute approximate surface area is 125 Å². The van der Waals surface area contributed by atoms with Gasteiger partial charge in [-0.1, -0.05) is 13.0 Å². The first-order chi connectivity index (χ1) is 10.1. The first-order valence-electron chi connectivity index (χ1n) is 6.43. The van der Waals surface area contributed by atoms with Crippen molar-refractivity contribution in [3.05, 3.63) is 34.8 Å². The minimum Gasteiger partial charge on any atom is -0.480 e. The van der Waals surface area contributed by atoms with Crippen LogP contribution >= 0.6 is 11.3 Å². The van der Waals surface area contributed by atoms with E-state index in [0.29, 0.717) is 5.69 Å². The molecule has 0 fully saturated rings. The Bertz CT molecular complexity index is 609. The van der Waals surface area contributed by atoms with Gasteiger partial charge in [0.25, 0.3) is 0 Å². The predicted octanol–water partition coefficient (Wildman–Crippen LogP) is 2.30. The fourth-order valence-corrected chi connectivity index (χ4v) is 2.70. The molecule has 7 nitrogen and oxygen atoms in total. The number of anilines is 1. The molecule has 2 rings (SSSR count). The second kappa shape index (κ2) is 6.89. The summed E-state index contributed by atoms with van der Waals surface area (Å²) in [5.74, 6) is -0.988. The Morgan fingerprint density at radius 3 is 2.95 bits per heavy atom. The van der Waals surface area contributed by atoms with Crippen molar-refractivity contribution in [1.29, 1.82) is 0 Å². The topological polar surface area (TPSA) is 96.3 Å². The molecule has 1 unspecified atom stereocenters. The van der Waals surface area contributed by atoms with Gasteiger partial charge in [0.2, 0.25) is 0 Å². The molecule has 2 amide bonds. The van der Waals surface area contributed by atoms with Crippen LogP contribution in [0, 0.1) is 0 Å². The molecular formula is C13H16N4O3S. The summed E-state index contributed by atoms with van der Waals surface area (Å²) < 4.78 is 1.24. The van der Waals surface area contributed by atoms with Crippen molar-refractivity contribution in [1.82, 2.24) is 15.1 Å². The SMILES string of the molecule is CCC(NC(=O)Nc1cnn(CC(=O)O)c1)c1cccs1. The van der Waals surface area contributed by atoms with Crippen LogP contribution in [-0.4, -0.2) is 26.9 Å². The normalized spacial score (nSPS) is 11.9. The molecule has 0 saturated heterocycles. The number of carboxylic acids is 1. The zero-order chi connectivity index (χ0) is 15.2. The van der Waals surface area contributed by atoms with E-state index >= 15 is 0 Å². The number of urea groups is 1. The molecule has 0 spiro atoms. The standard InChI is InChI=1S/C13H16N4O3S/c1-2-10(11-4-3-5-21-11)16-13(20)15-9-6-14-17(7-9)8-12(18)19/h3-7,10H,2,8H2,1H3,(H,18,19)(H2,15,16,20). The van der Waals surface area contributed by atoms with Gasteiger partial charge in [-0.3, -0.25) is 9.48 Å². The van der Waals surface area contributed by atoms with Crippen molar-refractivity contribution < 1.29 is 14.7 Å². The third kappa shape index (κ3) is 4.32. The Morgan fingerprint density at radius 2 is 2.33 bits per heavy atom. The molecule has 0 radical (unpaired) electrons. The lowest BCUT2D eigenvalue weighted by Crippen LogP contribution is -2.31. The van der Waals surface area contributed by atoms with E-state index < -0.39 is 5.97 Å². The van der Waals surface area contributed by atoms with E-state index in [-0.39, 0.29) is 18.6 Å². The Balaban J connectivity index is 1.92. The summed E-state index contributed by atoms with van der Waals surface area (Å²) >= 11 is 1.59. The summed E-state index contributed by atoms with van der Waals surface area (Å²) in [5.41, 5.74) is 0.454. The lowest BCUT2D eigenvalue weighted by Gasteiger charge is -2.15. The molecule has 2 aromatic heterocycles. The Hall–Kier alpha value is -2.35. The fourth-order valence-electron chi connectivity index (χ4n) is 1.84. The van der Waals surface area contributed by atoms with E-state index in [1.165, 1.54) is 17.1 Å². The molecule has 3 N–H and O–H groups in total. The van der Waals surface area contributed by atoms with Crippen LogP contribution in [0.5, 0.6) is 0 Å². The van der Waals surface area contributed by atoms with Crippen molar-refractivity contribution in [3.8, 4) is 0 Å². The number of nitrogens with one attached hydrogen (secondary N) is 2. The average Bonchev–Trinajstić information content (AvgIpc) is 3.07. The van der Waals surface area contributed by atoms with Crippen LogP contribution in [0.2, 0.25) is 0 Å². The number of carbonyl (C=O) groups is 2. The maximum absolute atomic E-state index is 11.9. The molecular weight excluding hydrogens is 292 g/mol. The summed E-state index contributed by atoms with van der Waals surface area (Å²) in [6.45, 7) is 1.76. The van der Waals surface area contributed by atoms with Gasteiger partial charge in [0.15, 0.2) is 0 Å². The Kier molecular flexibility index (Phi) is 4.94. The zero-order valence-electron chi connectivity index (χ0n) is 11.4. The highest BCUT2D eigenvalue weighted by atomic mass is 32.1. The van der Waals surface area contributed by atoms with Gasteiger partial charge in [-0.2, -0.15) is 5.10 Å². The number of hydrogen-bond donors (Lipinski definition) is 3. The third-order valence-corrected chi connectivity index (χ3v) is 3.77. The minimum absolute atomic E-state index is 0.0425. The van der Waals surface area contributed by atoms with Gasteiger partial charge >= 0.3 is 12.0 Å². The van der Waals surface area contributed by atoms with Gasteiger partial charge in [0, 0.05) is 11.1 Å². The average molecular weight is 308 g/mol. The van der Waals surface area contributed by atoms with Gasteiger partial charge in [-0.15, -0.1) is 11.3 Å². The first kappa shape index (κ1) is 15.0. The maximum atomic E-state index is 11.9. The second-order valence-corrected chi connectivity index (χ2v) is 5.37. The summed E-state index contributed by atoms with van der Waals surface area (Å²) in [6, 6.07) is 3.53. The lowest BCUT2D eigenvalue weighted by molar-refractivity contribution is -0.137. The second-order valence-electron chi connectivity index (χ2n) is 4.40. The van der Waals surface area contributed by atoms with Gasteiger partial charge in [-0.25, -0.2) is 4.79 Å². The van der Waals surface area contributed by atoms with E-state index in [0.717, 1.165) is 11.3 Å². The number of aromatic nitrogens is 2. The van der Waals surface area contributed by atoms with E-state index in [9.17, 15) is 9.59 Å². The number of nitrogens with zero attached hydrogens (tertiary/aromatic N) is 2. The number of carbonyl (C=O) groups excluding carboxylic acids is 1. The molecule has 8 heteroatoms. The Morgan fingerprint density at radius 1 is 1.52 bits per heavy atom. The number of amides is 2. The predicted molar refractivity (Wildman–Crippen MR) is 79.4 cm³/mol. The largest absolute Gasteiger partial charge is 0.480 e. The van der Waals surface area contributed by atoms with Crippen LogP contribution in [0.15, 0.2) is 29.9 Å². The van der Waals surface area contributed by atoms with E-state index in [4.69, 9.17) is 5.11 Å². The molecule has 112 valence electrons. The lowest BCUT2D eigenvalue weighted by atomic mass is 10.2. The van der Waals surface area contributed by atoms with Gasteiger partial charge in [-0.05, 0) is 17.9 Å². The number of hydrogen-bond acceptors (Lipinski definition) is 4. The fraction of sp³-hybridized carbons (Fsp3) is 0.308. The van der Waals surface area contributed by atoms with Crippen LogP contribution in [0.4, 0.5) is 10.5 Å². The van der Waals surface area contributed by atoms with E-state index in [1.807, 2.05) is 24.4 Å². The molecule has 0 aliphatic heterocycles. The highest BCUT2D eigenvalue weighted by Crippen LogP contribution is 2.21. The molecule has 1 atom stereocenters. The van der Waals surface area contributed by atoms with Crippen molar-refractivity contribution >= 4 is 29.0 Å². The summed E-state index contributed by atoms with van der Waals surface area (Å²) in [5, 5.41) is 20.0. The van der Waals surface area contributed by atoms with Crippen LogP contribution in [0.3, 0.4) is 0 Å². The van der Waals surface area contributed by atoms with Crippen molar-refractivity contribution in [2.24, 2.45) is 0 Å². The van der Waals surface area contributed by atoms with Crippen LogP contribution < -0.4 is 10.6 Å². The summed E-state index contributed by atoms with van der Waals surface area (Å²) in [7, 11) is 0. The van der Waals surface area contributed by atoms with Crippen molar-refractivity contribution in [3.63, 3.8) is 0 Å². The molecule has 2 aromatic rings.